The number of anilines is 2. The zero-order valence-electron chi connectivity index (χ0n) is 14.1. The molecular formula is C14H18N2O8S2. The summed E-state index contributed by atoms with van der Waals surface area (Å²) < 4.78 is 64.7. The first kappa shape index (κ1) is 21.8. The predicted molar refractivity (Wildman–Crippen MR) is 93.0 cm³/mol. The highest BCUT2D eigenvalue weighted by Gasteiger charge is 2.26. The first-order chi connectivity index (χ1) is 11.6. The second kappa shape index (κ2) is 7.53. The minimum absolute atomic E-state index is 0.00296. The molecule has 0 heterocycles. The van der Waals surface area contributed by atoms with Gasteiger partial charge in [0.25, 0.3) is 26.1 Å². The maximum atomic E-state index is 12.0. The Labute approximate surface area is 150 Å². The average molecular weight is 406 g/mol. The van der Waals surface area contributed by atoms with E-state index in [9.17, 15) is 35.5 Å². The molecule has 0 atom stereocenters. The van der Waals surface area contributed by atoms with Crippen LogP contribution in [0.2, 0.25) is 0 Å². The summed E-state index contributed by atoms with van der Waals surface area (Å²) in [4.78, 5) is 21.9. The number of carbonyl (C=O) groups is 2. The van der Waals surface area contributed by atoms with Crippen LogP contribution in [0.1, 0.15) is 20.8 Å². The lowest BCUT2D eigenvalue weighted by Gasteiger charge is -2.17. The molecule has 10 nitrogen and oxygen atoms in total. The molecule has 0 radical (unpaired) electrons. The smallest absolute Gasteiger partial charge is 0.296 e. The number of nitrogens with one attached hydrogen (secondary N) is 2. The van der Waals surface area contributed by atoms with Crippen LogP contribution in [0.25, 0.3) is 0 Å². The maximum Gasteiger partial charge on any atom is 0.296 e. The molecule has 4 N–H and O–H groups in total. The number of rotatable bonds is 6. The van der Waals surface area contributed by atoms with Crippen molar-refractivity contribution in [1.82, 2.24) is 0 Å². The Bertz CT molecular complexity index is 978. The third kappa shape index (κ3) is 5.36. The summed E-state index contributed by atoms with van der Waals surface area (Å²) in [6.07, 6.45) is 0. The highest BCUT2D eigenvalue weighted by molar-refractivity contribution is 7.86. The third-order valence-corrected chi connectivity index (χ3v) is 4.77. The molecule has 0 bridgehead atoms. The summed E-state index contributed by atoms with van der Waals surface area (Å²) in [5, 5.41) is 4.38. The SMILES string of the molecule is C=C(C)C(=O)Nc1cc(S(=O)(=O)O)cc(S(=O)(=O)O)c1NC(=O)C(C)C. The zero-order valence-corrected chi connectivity index (χ0v) is 15.7. The van der Waals surface area contributed by atoms with E-state index in [-0.39, 0.29) is 5.57 Å². The fourth-order valence-electron chi connectivity index (χ4n) is 1.67. The Morgan fingerprint density at radius 2 is 1.58 bits per heavy atom. The van der Waals surface area contributed by atoms with Crippen molar-refractivity contribution in [2.45, 2.75) is 30.6 Å². The molecule has 0 unspecified atom stereocenters. The van der Waals surface area contributed by atoms with Gasteiger partial charge >= 0.3 is 0 Å². The largest absolute Gasteiger partial charge is 0.323 e. The van der Waals surface area contributed by atoms with Gasteiger partial charge in [0.1, 0.15) is 4.90 Å². The molecule has 12 heteroatoms. The molecule has 0 spiro atoms. The molecular weight excluding hydrogens is 388 g/mol. The summed E-state index contributed by atoms with van der Waals surface area (Å²) in [5.74, 6) is -2.07. The molecule has 144 valence electrons. The Morgan fingerprint density at radius 1 is 1.04 bits per heavy atom. The summed E-state index contributed by atoms with van der Waals surface area (Å²) in [7, 11) is -9.92. The molecule has 0 aliphatic carbocycles. The van der Waals surface area contributed by atoms with E-state index in [0.717, 1.165) is 6.07 Å². The van der Waals surface area contributed by atoms with Crippen molar-refractivity contribution in [2.75, 3.05) is 10.6 Å². The number of hydrogen-bond acceptors (Lipinski definition) is 6. The molecule has 0 saturated heterocycles. The molecule has 0 saturated carbocycles. The second-order valence-electron chi connectivity index (χ2n) is 5.67. The second-order valence-corrected chi connectivity index (χ2v) is 8.48. The predicted octanol–water partition coefficient (Wildman–Crippen LogP) is 1.29. The standard InChI is InChI=1S/C14H18N2O8S2/c1-7(2)13(17)15-10-5-9(25(19,20)21)6-11(26(22,23)24)12(10)16-14(18)8(3)4/h5-6,8H,1H2,2-4H3,(H,15,17)(H,16,18)(H,19,20,21)(H,22,23,24). The van der Waals surface area contributed by atoms with E-state index in [2.05, 4.69) is 17.2 Å². The third-order valence-electron chi connectivity index (χ3n) is 3.06. The maximum absolute atomic E-state index is 12.0. The lowest BCUT2D eigenvalue weighted by molar-refractivity contribution is -0.119. The Balaban J connectivity index is 3.82. The summed E-state index contributed by atoms with van der Waals surface area (Å²) in [6, 6.07) is 1.19. The van der Waals surface area contributed by atoms with Crippen LogP contribution in [0.15, 0.2) is 34.1 Å². The fourth-order valence-corrected chi connectivity index (χ4v) is 2.97. The molecule has 0 aromatic heterocycles. The van der Waals surface area contributed by atoms with Crippen molar-refractivity contribution in [3.8, 4) is 0 Å². The summed E-state index contributed by atoms with van der Waals surface area (Å²) in [6.45, 7) is 7.71. The van der Waals surface area contributed by atoms with Gasteiger partial charge < -0.3 is 10.6 Å². The highest BCUT2D eigenvalue weighted by Crippen LogP contribution is 2.34. The molecule has 26 heavy (non-hydrogen) atoms. The van der Waals surface area contributed by atoms with Crippen LogP contribution in [0, 0.1) is 5.92 Å². The lowest BCUT2D eigenvalue weighted by atomic mass is 10.2. The minimum Gasteiger partial charge on any atom is -0.323 e. The molecule has 0 aliphatic heterocycles. The average Bonchev–Trinajstić information content (AvgIpc) is 2.45. The number of amides is 2. The Kier molecular flexibility index (Phi) is 6.31. The summed E-state index contributed by atoms with van der Waals surface area (Å²) in [5.41, 5.74) is -1.01. The Hall–Kier alpha value is -2.28. The van der Waals surface area contributed by atoms with Crippen LogP contribution >= 0.6 is 0 Å². The zero-order chi connectivity index (χ0) is 20.4. The van der Waals surface area contributed by atoms with Gasteiger partial charge in [-0.2, -0.15) is 16.8 Å². The van der Waals surface area contributed by atoms with Crippen LogP contribution in [-0.4, -0.2) is 37.8 Å². The lowest BCUT2D eigenvalue weighted by Crippen LogP contribution is -2.22. The number of hydrogen-bond donors (Lipinski definition) is 4. The van der Waals surface area contributed by atoms with Crippen molar-refractivity contribution in [3.63, 3.8) is 0 Å². The van der Waals surface area contributed by atoms with E-state index in [0.29, 0.717) is 6.07 Å². The molecule has 1 aromatic carbocycles. The summed E-state index contributed by atoms with van der Waals surface area (Å²) >= 11 is 0. The van der Waals surface area contributed by atoms with Crippen LogP contribution < -0.4 is 10.6 Å². The first-order valence-corrected chi connectivity index (χ1v) is 9.93. The van der Waals surface area contributed by atoms with E-state index in [1.54, 1.807) is 0 Å². The van der Waals surface area contributed by atoms with Gasteiger partial charge in [-0.15, -0.1) is 0 Å². The van der Waals surface area contributed by atoms with E-state index >= 15 is 0 Å². The van der Waals surface area contributed by atoms with Gasteiger partial charge in [0.2, 0.25) is 5.91 Å². The monoisotopic (exact) mass is 406 g/mol. The molecule has 0 aliphatic rings. The van der Waals surface area contributed by atoms with E-state index in [1.165, 1.54) is 20.8 Å². The Morgan fingerprint density at radius 3 is 1.96 bits per heavy atom. The van der Waals surface area contributed by atoms with Gasteiger partial charge in [-0.1, -0.05) is 20.4 Å². The van der Waals surface area contributed by atoms with Gasteiger partial charge in [-0.25, -0.2) is 0 Å². The van der Waals surface area contributed by atoms with Crippen LogP contribution in [0.3, 0.4) is 0 Å². The van der Waals surface area contributed by atoms with Crippen molar-refractivity contribution in [2.24, 2.45) is 5.92 Å². The van der Waals surface area contributed by atoms with Crippen molar-refractivity contribution >= 4 is 43.4 Å². The van der Waals surface area contributed by atoms with Crippen molar-refractivity contribution < 1.29 is 35.5 Å². The fraction of sp³-hybridized carbons (Fsp3) is 0.286. The van der Waals surface area contributed by atoms with Crippen molar-refractivity contribution in [1.29, 1.82) is 0 Å². The minimum atomic E-state index is -5.03. The molecule has 2 amide bonds. The van der Waals surface area contributed by atoms with Gasteiger partial charge in [-0.3, -0.25) is 18.7 Å². The van der Waals surface area contributed by atoms with E-state index in [4.69, 9.17) is 0 Å². The number of carbonyl (C=O) groups excluding carboxylic acids is 2. The normalized spacial score (nSPS) is 11.9. The van der Waals surface area contributed by atoms with E-state index in [1.807, 2.05) is 0 Å². The highest BCUT2D eigenvalue weighted by atomic mass is 32.2. The van der Waals surface area contributed by atoms with Crippen LogP contribution in [-0.2, 0) is 29.8 Å². The van der Waals surface area contributed by atoms with E-state index < -0.39 is 59.1 Å². The molecule has 1 rings (SSSR count). The quantitative estimate of drug-likeness (QED) is 0.405. The molecule has 0 fully saturated rings. The van der Waals surface area contributed by atoms with Gasteiger partial charge in [0, 0.05) is 11.5 Å². The van der Waals surface area contributed by atoms with Gasteiger partial charge in [0.05, 0.1) is 16.3 Å². The van der Waals surface area contributed by atoms with Gasteiger partial charge in [0.15, 0.2) is 0 Å². The van der Waals surface area contributed by atoms with Crippen LogP contribution in [0.5, 0.6) is 0 Å². The van der Waals surface area contributed by atoms with Crippen LogP contribution in [0.4, 0.5) is 11.4 Å². The number of benzene rings is 1. The van der Waals surface area contributed by atoms with Crippen molar-refractivity contribution in [3.05, 3.63) is 24.3 Å². The topological polar surface area (TPSA) is 167 Å². The molecule has 1 aromatic rings. The first-order valence-electron chi connectivity index (χ1n) is 7.05. The van der Waals surface area contributed by atoms with Gasteiger partial charge in [-0.05, 0) is 19.1 Å².